The van der Waals surface area contributed by atoms with E-state index in [1.165, 1.54) is 18.6 Å². The molecule has 1 aliphatic heterocycles. The Kier molecular flexibility index (Phi) is 3.98. The van der Waals surface area contributed by atoms with Gasteiger partial charge in [-0.05, 0) is 44.1 Å². The zero-order valence-electron chi connectivity index (χ0n) is 11.0. The molecule has 1 heteroatoms. The molecule has 17 heavy (non-hydrogen) atoms. The zero-order valence-corrected chi connectivity index (χ0v) is 11.0. The maximum Gasteiger partial charge on any atom is 0.0509 e. The predicted molar refractivity (Wildman–Crippen MR) is 75.4 cm³/mol. The molecule has 0 bridgehead atoms. The lowest BCUT2D eigenvalue weighted by Gasteiger charge is -2.32. The van der Waals surface area contributed by atoms with E-state index in [0.29, 0.717) is 23.8 Å². The lowest BCUT2D eigenvalue weighted by atomic mass is 9.74. The van der Waals surface area contributed by atoms with Crippen molar-refractivity contribution < 1.29 is 0 Å². The van der Waals surface area contributed by atoms with Crippen LogP contribution >= 0.6 is 0 Å². The first-order valence-corrected chi connectivity index (χ1v) is 6.76. The molecule has 1 heterocycles. The van der Waals surface area contributed by atoms with Crippen LogP contribution in [0.25, 0.3) is 0 Å². The van der Waals surface area contributed by atoms with Gasteiger partial charge in [-0.15, -0.1) is 6.58 Å². The normalized spacial score (nSPS) is 34.2. The van der Waals surface area contributed by atoms with E-state index in [1.54, 1.807) is 0 Å². The second-order valence-corrected chi connectivity index (χ2v) is 5.33. The van der Waals surface area contributed by atoms with E-state index in [2.05, 4.69) is 50.8 Å². The first-order chi connectivity index (χ1) is 8.22. The van der Waals surface area contributed by atoms with Crippen molar-refractivity contribution in [2.45, 2.75) is 39.2 Å². The van der Waals surface area contributed by atoms with Gasteiger partial charge >= 0.3 is 0 Å². The van der Waals surface area contributed by atoms with Crippen LogP contribution in [-0.4, -0.2) is 11.8 Å². The molecule has 0 amide bonds. The minimum atomic E-state index is 0.459. The van der Waals surface area contributed by atoms with E-state index in [9.17, 15) is 0 Å². The average Bonchev–Trinajstić information content (AvgIpc) is 2.38. The average molecular weight is 229 g/mol. The van der Waals surface area contributed by atoms with Crippen molar-refractivity contribution in [1.82, 2.24) is 0 Å². The Morgan fingerprint density at radius 3 is 3.00 bits per heavy atom. The third-order valence-electron chi connectivity index (χ3n) is 3.96. The maximum absolute atomic E-state index is 4.83. The van der Waals surface area contributed by atoms with Crippen molar-refractivity contribution in [2.75, 3.05) is 0 Å². The van der Waals surface area contributed by atoms with Crippen molar-refractivity contribution in [1.29, 1.82) is 0 Å². The Morgan fingerprint density at radius 2 is 2.29 bits per heavy atom. The monoisotopic (exact) mass is 229 g/mol. The number of aliphatic imine (C=N–C) groups is 1. The molecule has 92 valence electrons. The number of hydrogen-bond donors (Lipinski definition) is 0. The van der Waals surface area contributed by atoms with Crippen LogP contribution in [-0.2, 0) is 0 Å². The lowest BCUT2D eigenvalue weighted by Crippen LogP contribution is -2.29. The first-order valence-electron chi connectivity index (χ1n) is 6.76. The Bertz CT molecular complexity index is 362. The molecule has 0 fully saturated rings. The standard InChI is InChI=1S/C16H23N/c1-4-12(2)14-9-5-6-10-15(14)16-11-7-8-13(3)17-16/h4-5,7,9,11-15H,1,6,8,10H2,2-3H3. The van der Waals surface area contributed by atoms with Gasteiger partial charge in [0.05, 0.1) is 6.04 Å². The molecule has 0 aromatic heterocycles. The van der Waals surface area contributed by atoms with Crippen molar-refractivity contribution >= 4 is 5.71 Å². The highest BCUT2D eigenvalue weighted by Crippen LogP contribution is 2.33. The van der Waals surface area contributed by atoms with Gasteiger partial charge in [-0.2, -0.15) is 0 Å². The number of dihydropyridines is 1. The highest BCUT2D eigenvalue weighted by atomic mass is 14.8. The van der Waals surface area contributed by atoms with Crippen LogP contribution in [0, 0.1) is 17.8 Å². The smallest absolute Gasteiger partial charge is 0.0509 e. The fraction of sp³-hybridized carbons (Fsp3) is 0.562. The molecular formula is C16H23N. The highest BCUT2D eigenvalue weighted by Gasteiger charge is 2.28. The summed E-state index contributed by atoms with van der Waals surface area (Å²) in [7, 11) is 0. The van der Waals surface area contributed by atoms with Crippen molar-refractivity contribution in [3.05, 3.63) is 37.0 Å². The van der Waals surface area contributed by atoms with E-state index in [-0.39, 0.29) is 0 Å². The molecule has 0 spiro atoms. The number of allylic oxidation sites excluding steroid dienone is 4. The quantitative estimate of drug-likeness (QED) is 0.644. The predicted octanol–water partition coefficient (Wildman–Crippen LogP) is 4.18. The topological polar surface area (TPSA) is 12.4 Å². The highest BCUT2D eigenvalue weighted by molar-refractivity contribution is 5.98. The molecule has 0 aromatic carbocycles. The van der Waals surface area contributed by atoms with Gasteiger partial charge in [-0.3, -0.25) is 4.99 Å². The molecular weight excluding hydrogens is 206 g/mol. The summed E-state index contributed by atoms with van der Waals surface area (Å²) in [5.74, 6) is 1.70. The molecule has 4 atom stereocenters. The van der Waals surface area contributed by atoms with Crippen LogP contribution in [0.5, 0.6) is 0 Å². The minimum Gasteiger partial charge on any atom is -0.286 e. The van der Waals surface area contributed by atoms with Crippen molar-refractivity contribution in [3.8, 4) is 0 Å². The van der Waals surface area contributed by atoms with Gasteiger partial charge in [-0.1, -0.05) is 31.2 Å². The van der Waals surface area contributed by atoms with Gasteiger partial charge in [0.15, 0.2) is 0 Å². The summed E-state index contributed by atoms with van der Waals surface area (Å²) in [5, 5.41) is 0. The van der Waals surface area contributed by atoms with Gasteiger partial charge in [-0.25, -0.2) is 0 Å². The number of nitrogens with zero attached hydrogens (tertiary/aromatic N) is 1. The molecule has 0 radical (unpaired) electrons. The van der Waals surface area contributed by atoms with Crippen LogP contribution in [0.4, 0.5) is 0 Å². The summed E-state index contributed by atoms with van der Waals surface area (Å²) in [4.78, 5) is 4.83. The summed E-state index contributed by atoms with van der Waals surface area (Å²) >= 11 is 0. The van der Waals surface area contributed by atoms with Crippen molar-refractivity contribution in [2.24, 2.45) is 22.7 Å². The fourth-order valence-electron chi connectivity index (χ4n) is 2.85. The molecule has 0 aromatic rings. The molecule has 2 aliphatic rings. The van der Waals surface area contributed by atoms with Gasteiger partial charge in [0, 0.05) is 11.6 Å². The molecule has 0 saturated heterocycles. The fourth-order valence-corrected chi connectivity index (χ4v) is 2.85. The van der Waals surface area contributed by atoms with Gasteiger partial charge in [0.25, 0.3) is 0 Å². The van der Waals surface area contributed by atoms with Gasteiger partial charge in [0.1, 0.15) is 0 Å². The third kappa shape index (κ3) is 2.77. The Morgan fingerprint density at radius 1 is 1.47 bits per heavy atom. The van der Waals surface area contributed by atoms with Gasteiger partial charge < -0.3 is 0 Å². The number of hydrogen-bond acceptors (Lipinski definition) is 1. The van der Waals surface area contributed by atoms with Crippen LogP contribution < -0.4 is 0 Å². The zero-order chi connectivity index (χ0) is 12.3. The summed E-state index contributed by atoms with van der Waals surface area (Å²) in [6, 6.07) is 0.459. The molecule has 1 aliphatic carbocycles. The van der Waals surface area contributed by atoms with Gasteiger partial charge in [0.2, 0.25) is 0 Å². The molecule has 0 N–H and O–H groups in total. The van der Waals surface area contributed by atoms with Crippen LogP contribution in [0.2, 0.25) is 0 Å². The minimum absolute atomic E-state index is 0.459. The van der Waals surface area contributed by atoms with E-state index in [4.69, 9.17) is 4.99 Å². The van der Waals surface area contributed by atoms with Crippen LogP contribution in [0.3, 0.4) is 0 Å². The SMILES string of the molecule is C=CC(C)C1C=CCCC1C1=NC(C)CC=C1. The second-order valence-electron chi connectivity index (χ2n) is 5.33. The Balaban J connectivity index is 2.20. The van der Waals surface area contributed by atoms with Crippen molar-refractivity contribution in [3.63, 3.8) is 0 Å². The van der Waals surface area contributed by atoms with E-state index < -0.39 is 0 Å². The molecule has 4 unspecified atom stereocenters. The first kappa shape index (κ1) is 12.3. The summed E-state index contributed by atoms with van der Waals surface area (Å²) < 4.78 is 0. The van der Waals surface area contributed by atoms with E-state index in [1.807, 2.05) is 0 Å². The molecule has 2 rings (SSSR count). The largest absolute Gasteiger partial charge is 0.286 e. The maximum atomic E-state index is 4.83. The lowest BCUT2D eigenvalue weighted by molar-refractivity contribution is 0.380. The second kappa shape index (κ2) is 5.48. The Hall–Kier alpha value is -1.11. The third-order valence-corrected chi connectivity index (χ3v) is 3.96. The van der Waals surface area contributed by atoms with Crippen LogP contribution in [0.1, 0.15) is 33.1 Å². The Labute approximate surface area is 105 Å². The number of rotatable bonds is 3. The summed E-state index contributed by atoms with van der Waals surface area (Å²) in [6.45, 7) is 8.40. The van der Waals surface area contributed by atoms with Crippen LogP contribution in [0.15, 0.2) is 42.0 Å². The van der Waals surface area contributed by atoms with E-state index in [0.717, 1.165) is 6.42 Å². The molecule has 1 nitrogen and oxygen atoms in total. The van der Waals surface area contributed by atoms with E-state index >= 15 is 0 Å². The summed E-state index contributed by atoms with van der Waals surface area (Å²) in [6.07, 6.45) is 14.8. The molecule has 0 saturated carbocycles. The summed E-state index contributed by atoms with van der Waals surface area (Å²) in [5.41, 5.74) is 1.31.